The van der Waals surface area contributed by atoms with Crippen LogP contribution in [0.3, 0.4) is 0 Å². The molecule has 0 unspecified atom stereocenters. The summed E-state index contributed by atoms with van der Waals surface area (Å²) in [6.07, 6.45) is 4.22. The molecule has 2 saturated carbocycles. The number of methoxy groups -OCH3 is 1. The van der Waals surface area contributed by atoms with Gasteiger partial charge in [-0.1, -0.05) is 0 Å². The molecule has 4 aliphatic rings. The van der Waals surface area contributed by atoms with Gasteiger partial charge in [-0.2, -0.15) is 0 Å². The van der Waals surface area contributed by atoms with Crippen molar-refractivity contribution in [3.63, 3.8) is 0 Å². The number of benzene rings is 1. The molecule has 0 spiro atoms. The number of rotatable bonds is 11. The van der Waals surface area contributed by atoms with Gasteiger partial charge in [0.1, 0.15) is 5.75 Å². The van der Waals surface area contributed by atoms with E-state index >= 15 is 0 Å². The molecule has 2 aliphatic carbocycles. The second kappa shape index (κ2) is 11.1. The van der Waals surface area contributed by atoms with Crippen molar-refractivity contribution in [3.05, 3.63) is 18.2 Å². The smallest absolute Gasteiger partial charge is 0.270 e. The summed E-state index contributed by atoms with van der Waals surface area (Å²) < 4.78 is 16.9. The number of nitrogens with one attached hydrogen (secondary N) is 2. The first-order valence-electron chi connectivity index (χ1n) is 14.3. The van der Waals surface area contributed by atoms with Crippen molar-refractivity contribution in [2.24, 2.45) is 11.8 Å². The molecule has 1 aromatic carbocycles. The summed E-state index contributed by atoms with van der Waals surface area (Å²) in [6, 6.07) is 5.78. The third-order valence-corrected chi connectivity index (χ3v) is 8.18. The van der Waals surface area contributed by atoms with Crippen molar-refractivity contribution >= 4 is 29.1 Å². The van der Waals surface area contributed by atoms with Gasteiger partial charge in [0.2, 0.25) is 11.8 Å². The molecule has 3 fully saturated rings. The van der Waals surface area contributed by atoms with Gasteiger partial charge in [0, 0.05) is 45.1 Å². The van der Waals surface area contributed by atoms with Gasteiger partial charge in [0.05, 0.1) is 36.3 Å². The normalized spacial score (nSPS) is 24.9. The molecule has 1 aromatic rings. The minimum absolute atomic E-state index is 0.00971. The lowest BCUT2D eigenvalue weighted by Gasteiger charge is -2.39. The monoisotopic (exact) mass is 542 g/mol. The van der Waals surface area contributed by atoms with Crippen molar-refractivity contribution in [2.75, 3.05) is 56.4 Å². The maximum absolute atomic E-state index is 14.0. The van der Waals surface area contributed by atoms with Crippen molar-refractivity contribution in [1.82, 2.24) is 10.6 Å². The van der Waals surface area contributed by atoms with E-state index in [2.05, 4.69) is 10.6 Å². The summed E-state index contributed by atoms with van der Waals surface area (Å²) in [6.45, 7) is 8.46. The Labute approximate surface area is 230 Å². The second-order valence-corrected chi connectivity index (χ2v) is 11.8. The Bertz CT molecular complexity index is 1100. The molecule has 214 valence electrons. The summed E-state index contributed by atoms with van der Waals surface area (Å²) in [5, 5.41) is 6.50. The van der Waals surface area contributed by atoms with Crippen LogP contribution in [0, 0.1) is 11.8 Å². The second-order valence-electron chi connectivity index (χ2n) is 11.8. The van der Waals surface area contributed by atoms with Gasteiger partial charge in [0.25, 0.3) is 5.91 Å². The van der Waals surface area contributed by atoms with Gasteiger partial charge in [-0.3, -0.25) is 14.4 Å². The summed E-state index contributed by atoms with van der Waals surface area (Å²) in [4.78, 5) is 43.9. The van der Waals surface area contributed by atoms with E-state index in [1.54, 1.807) is 25.9 Å². The fraction of sp³-hybridized carbons (Fsp3) is 0.690. The van der Waals surface area contributed by atoms with E-state index in [1.165, 1.54) is 0 Å². The maximum Gasteiger partial charge on any atom is 0.270 e. The maximum atomic E-state index is 14.0. The quantitative estimate of drug-likeness (QED) is 0.413. The van der Waals surface area contributed by atoms with Crippen molar-refractivity contribution < 1.29 is 28.6 Å². The highest BCUT2D eigenvalue weighted by Crippen LogP contribution is 2.43. The number of ether oxygens (including phenoxy) is 3. The lowest BCUT2D eigenvalue weighted by atomic mass is 9.88. The Hall–Kier alpha value is -2.69. The third-order valence-electron chi connectivity index (χ3n) is 8.18. The van der Waals surface area contributed by atoms with Gasteiger partial charge >= 0.3 is 0 Å². The zero-order valence-corrected chi connectivity index (χ0v) is 23.6. The molecule has 10 heteroatoms. The highest BCUT2D eigenvalue weighted by atomic mass is 16.5. The van der Waals surface area contributed by atoms with Crippen molar-refractivity contribution in [2.45, 2.75) is 70.1 Å². The number of fused-ring (bicyclic) bond motifs is 1. The zero-order chi connectivity index (χ0) is 27.8. The minimum atomic E-state index is -0.988. The molecule has 1 saturated heterocycles. The van der Waals surface area contributed by atoms with E-state index in [0.717, 1.165) is 31.4 Å². The van der Waals surface area contributed by atoms with Crippen LogP contribution in [0.4, 0.5) is 11.4 Å². The van der Waals surface area contributed by atoms with Gasteiger partial charge in [-0.25, -0.2) is 0 Å². The third kappa shape index (κ3) is 5.93. The minimum Gasteiger partial charge on any atom is -0.476 e. The SMILES string of the molecule is CCOCCN1C(=O)C(C)(C)Oc2ccc(N(C(=O)[C@H]3CNC[C@@H](C(=O)NC4(COC)CC4)C3)C3CC3)cc21. The molecule has 0 radical (unpaired) electrons. The lowest BCUT2D eigenvalue weighted by molar-refractivity contribution is -0.133. The predicted molar refractivity (Wildman–Crippen MR) is 147 cm³/mol. The summed E-state index contributed by atoms with van der Waals surface area (Å²) in [5.41, 5.74) is 0.177. The summed E-state index contributed by atoms with van der Waals surface area (Å²) >= 11 is 0. The van der Waals surface area contributed by atoms with Crippen LogP contribution in [-0.2, 0) is 23.9 Å². The van der Waals surface area contributed by atoms with E-state index in [1.807, 2.05) is 30.0 Å². The number of anilines is 2. The number of carbonyl (C=O) groups excluding carboxylic acids is 3. The Morgan fingerprint density at radius 1 is 1.21 bits per heavy atom. The Kier molecular flexibility index (Phi) is 7.90. The summed E-state index contributed by atoms with van der Waals surface area (Å²) in [7, 11) is 1.65. The van der Waals surface area contributed by atoms with Crippen LogP contribution < -0.4 is 25.2 Å². The lowest BCUT2D eigenvalue weighted by Crippen LogP contribution is -2.53. The topological polar surface area (TPSA) is 109 Å². The predicted octanol–water partition coefficient (Wildman–Crippen LogP) is 2.24. The first-order chi connectivity index (χ1) is 18.7. The average Bonchev–Trinajstić information content (AvgIpc) is 3.85. The molecule has 10 nitrogen and oxygen atoms in total. The summed E-state index contributed by atoms with van der Waals surface area (Å²) in [5.74, 6) is -0.0923. The molecule has 2 heterocycles. The Balaban J connectivity index is 1.34. The van der Waals surface area contributed by atoms with Crippen LogP contribution >= 0.6 is 0 Å². The molecule has 5 rings (SSSR count). The van der Waals surface area contributed by atoms with E-state index < -0.39 is 5.60 Å². The van der Waals surface area contributed by atoms with E-state index in [4.69, 9.17) is 14.2 Å². The van der Waals surface area contributed by atoms with Crippen LogP contribution in [0.1, 0.15) is 52.9 Å². The molecular formula is C29H42N4O6. The largest absolute Gasteiger partial charge is 0.476 e. The average molecular weight is 543 g/mol. The van der Waals surface area contributed by atoms with Gasteiger partial charge in [-0.15, -0.1) is 0 Å². The van der Waals surface area contributed by atoms with Crippen molar-refractivity contribution in [3.8, 4) is 5.75 Å². The van der Waals surface area contributed by atoms with E-state index in [-0.39, 0.29) is 41.1 Å². The van der Waals surface area contributed by atoms with Crippen LogP contribution in [0.5, 0.6) is 5.75 Å². The fourth-order valence-corrected chi connectivity index (χ4v) is 5.70. The number of nitrogens with zero attached hydrogens (tertiary/aromatic N) is 2. The fourth-order valence-electron chi connectivity index (χ4n) is 5.70. The molecule has 2 aliphatic heterocycles. The van der Waals surface area contributed by atoms with E-state index in [9.17, 15) is 14.4 Å². The van der Waals surface area contributed by atoms with Gasteiger partial charge in [0.15, 0.2) is 5.60 Å². The molecule has 3 amide bonds. The first kappa shape index (κ1) is 27.9. The highest BCUT2D eigenvalue weighted by Gasteiger charge is 2.47. The molecule has 0 aromatic heterocycles. The van der Waals surface area contributed by atoms with Crippen LogP contribution in [0.15, 0.2) is 18.2 Å². The Morgan fingerprint density at radius 2 is 1.95 bits per heavy atom. The number of amides is 3. The van der Waals surface area contributed by atoms with Crippen LogP contribution in [0.25, 0.3) is 0 Å². The molecule has 2 N–H and O–H groups in total. The van der Waals surface area contributed by atoms with Crippen LogP contribution in [0.2, 0.25) is 0 Å². The zero-order valence-electron chi connectivity index (χ0n) is 23.6. The molecule has 2 atom stereocenters. The number of piperidine rings is 1. The molecular weight excluding hydrogens is 500 g/mol. The van der Waals surface area contributed by atoms with E-state index in [0.29, 0.717) is 57.3 Å². The number of hydrogen-bond acceptors (Lipinski definition) is 7. The van der Waals surface area contributed by atoms with Gasteiger partial charge in [-0.05, 0) is 71.1 Å². The number of carbonyl (C=O) groups is 3. The number of hydrogen-bond donors (Lipinski definition) is 2. The molecule has 39 heavy (non-hydrogen) atoms. The van der Waals surface area contributed by atoms with Gasteiger partial charge < -0.3 is 34.6 Å². The first-order valence-corrected chi connectivity index (χ1v) is 14.3. The van der Waals surface area contributed by atoms with Crippen molar-refractivity contribution in [1.29, 1.82) is 0 Å². The Morgan fingerprint density at radius 3 is 2.62 bits per heavy atom. The van der Waals surface area contributed by atoms with Crippen LogP contribution in [-0.4, -0.2) is 81.5 Å². The molecule has 0 bridgehead atoms. The standard InChI is InChI=1S/C29H42N4O6/c1-5-38-13-12-32-23-15-22(8-9-24(23)39-28(2,3)27(32)36)33(21-6-7-21)26(35)20-14-19(16-30-17-20)25(34)31-29(10-11-29)18-37-4/h8-9,15,19-21,30H,5-7,10-14,16-18H2,1-4H3,(H,31,34)/t19-,20+/m0/s1. The highest BCUT2D eigenvalue weighted by molar-refractivity contribution is 6.04.